The van der Waals surface area contributed by atoms with Crippen LogP contribution in [-0.4, -0.2) is 20.0 Å². The predicted octanol–water partition coefficient (Wildman–Crippen LogP) is 1.89. The first-order valence-corrected chi connectivity index (χ1v) is 3.72. The van der Waals surface area contributed by atoms with E-state index in [1.807, 2.05) is 19.1 Å². The molecule has 0 saturated heterocycles. The van der Waals surface area contributed by atoms with Crippen LogP contribution in [0.4, 0.5) is 0 Å². The molecule has 0 aliphatic rings. The molecule has 0 saturated carbocycles. The van der Waals surface area contributed by atoms with Crippen molar-refractivity contribution in [2.45, 2.75) is 6.92 Å². The fourth-order valence-electron chi connectivity index (χ4n) is 0.839. The summed E-state index contributed by atoms with van der Waals surface area (Å²) in [7, 11) is 1.59. The molecule has 0 aromatic carbocycles. The molecule has 0 heterocycles. The van der Waals surface area contributed by atoms with Gasteiger partial charge in [-0.15, -0.1) is 0 Å². The molecule has 0 aliphatic heterocycles. The van der Waals surface area contributed by atoms with Crippen molar-refractivity contribution in [2.75, 3.05) is 13.7 Å². The minimum Gasteiger partial charge on any atom is -0.380 e. The molecule has 2 heteroatoms. The fraction of sp³-hybridized carbons (Fsp3) is 0.300. The molecule has 0 atom stereocenters. The van der Waals surface area contributed by atoms with Crippen LogP contribution in [0.1, 0.15) is 6.92 Å². The Bertz CT molecular complexity index is 202. The summed E-state index contributed by atoms with van der Waals surface area (Å²) in [5.41, 5.74) is 1.43. The molecule has 0 amide bonds. The molecular weight excluding hydrogens is 152 g/mol. The average Bonchev–Trinajstić information content (AvgIpc) is 2.07. The SMILES string of the molecule is C=C/C(C=O)=C(\C=C/C)COC. The van der Waals surface area contributed by atoms with Crippen molar-refractivity contribution >= 4 is 6.29 Å². The Morgan fingerprint density at radius 3 is 2.58 bits per heavy atom. The second-order valence-corrected chi connectivity index (χ2v) is 2.24. The first kappa shape index (κ1) is 10.8. The Balaban J connectivity index is 4.73. The van der Waals surface area contributed by atoms with E-state index >= 15 is 0 Å². The Kier molecular flexibility index (Phi) is 5.93. The smallest absolute Gasteiger partial charge is 0.150 e. The third-order valence-electron chi connectivity index (χ3n) is 1.39. The monoisotopic (exact) mass is 166 g/mol. The molecule has 0 aromatic heterocycles. The van der Waals surface area contributed by atoms with Crippen molar-refractivity contribution < 1.29 is 9.53 Å². The molecule has 0 radical (unpaired) electrons. The number of ether oxygens (including phenoxy) is 1. The van der Waals surface area contributed by atoms with Crippen LogP contribution in [0, 0.1) is 0 Å². The van der Waals surface area contributed by atoms with Crippen LogP contribution in [0.15, 0.2) is 36.0 Å². The summed E-state index contributed by atoms with van der Waals surface area (Å²) >= 11 is 0. The largest absolute Gasteiger partial charge is 0.380 e. The van der Waals surface area contributed by atoms with Crippen LogP contribution in [-0.2, 0) is 9.53 Å². The molecule has 66 valence electrons. The van der Waals surface area contributed by atoms with Gasteiger partial charge >= 0.3 is 0 Å². The number of rotatable bonds is 5. The lowest BCUT2D eigenvalue weighted by molar-refractivity contribution is -0.104. The summed E-state index contributed by atoms with van der Waals surface area (Å²) < 4.78 is 4.93. The molecule has 0 fully saturated rings. The zero-order valence-corrected chi connectivity index (χ0v) is 7.54. The van der Waals surface area contributed by atoms with Crippen LogP contribution >= 0.6 is 0 Å². The molecule has 0 aromatic rings. The van der Waals surface area contributed by atoms with Gasteiger partial charge < -0.3 is 4.74 Å². The van der Waals surface area contributed by atoms with Gasteiger partial charge in [-0.2, -0.15) is 0 Å². The Morgan fingerprint density at radius 2 is 2.25 bits per heavy atom. The number of carbonyl (C=O) groups excluding carboxylic acids is 1. The minimum absolute atomic E-state index is 0.435. The lowest BCUT2D eigenvalue weighted by atomic mass is 10.1. The van der Waals surface area contributed by atoms with Crippen LogP contribution in [0.5, 0.6) is 0 Å². The zero-order valence-electron chi connectivity index (χ0n) is 7.54. The van der Waals surface area contributed by atoms with E-state index in [1.54, 1.807) is 7.11 Å². The van der Waals surface area contributed by atoms with Crippen LogP contribution in [0.25, 0.3) is 0 Å². The van der Waals surface area contributed by atoms with E-state index in [2.05, 4.69) is 6.58 Å². The topological polar surface area (TPSA) is 26.3 Å². The maximum absolute atomic E-state index is 10.5. The molecule has 0 rings (SSSR count). The highest BCUT2D eigenvalue weighted by atomic mass is 16.5. The number of methoxy groups -OCH3 is 1. The van der Waals surface area contributed by atoms with Gasteiger partial charge in [0.25, 0.3) is 0 Å². The van der Waals surface area contributed by atoms with Crippen LogP contribution in [0.3, 0.4) is 0 Å². The quantitative estimate of drug-likeness (QED) is 0.354. The Labute approximate surface area is 73.2 Å². The van der Waals surface area contributed by atoms with Crippen molar-refractivity contribution in [3.05, 3.63) is 36.0 Å². The van der Waals surface area contributed by atoms with Crippen molar-refractivity contribution in [3.8, 4) is 0 Å². The summed E-state index contributed by atoms with van der Waals surface area (Å²) in [5.74, 6) is 0. The number of hydrogen-bond donors (Lipinski definition) is 0. The lowest BCUT2D eigenvalue weighted by Gasteiger charge is -2.01. The molecule has 0 N–H and O–H groups in total. The Morgan fingerprint density at radius 1 is 1.58 bits per heavy atom. The van der Waals surface area contributed by atoms with Crippen molar-refractivity contribution in [1.29, 1.82) is 0 Å². The van der Waals surface area contributed by atoms with Gasteiger partial charge in [0.2, 0.25) is 0 Å². The summed E-state index contributed by atoms with van der Waals surface area (Å²) in [6.45, 7) is 5.86. The number of carbonyl (C=O) groups is 1. The maximum atomic E-state index is 10.5. The van der Waals surface area contributed by atoms with Gasteiger partial charge in [0.1, 0.15) is 6.29 Å². The van der Waals surface area contributed by atoms with E-state index in [4.69, 9.17) is 4.74 Å². The van der Waals surface area contributed by atoms with Gasteiger partial charge in [-0.25, -0.2) is 0 Å². The second-order valence-electron chi connectivity index (χ2n) is 2.24. The van der Waals surface area contributed by atoms with E-state index in [1.165, 1.54) is 6.08 Å². The molecule has 12 heavy (non-hydrogen) atoms. The standard InChI is InChI=1S/C10H14O2/c1-4-6-10(8-12-3)9(5-2)7-11/h4-7H,2,8H2,1,3H3/b6-4-,10-9-. The lowest BCUT2D eigenvalue weighted by Crippen LogP contribution is -1.96. The van der Waals surface area contributed by atoms with E-state index in [9.17, 15) is 4.79 Å². The van der Waals surface area contributed by atoms with Gasteiger partial charge in [-0.05, 0) is 12.5 Å². The van der Waals surface area contributed by atoms with Crippen molar-refractivity contribution in [3.63, 3.8) is 0 Å². The molecule has 0 unspecified atom stereocenters. The van der Waals surface area contributed by atoms with Gasteiger partial charge in [-0.3, -0.25) is 4.79 Å². The van der Waals surface area contributed by atoms with E-state index in [-0.39, 0.29) is 0 Å². The molecule has 0 bridgehead atoms. The van der Waals surface area contributed by atoms with E-state index in [0.717, 1.165) is 11.9 Å². The van der Waals surface area contributed by atoms with E-state index in [0.29, 0.717) is 12.2 Å². The summed E-state index contributed by atoms with van der Waals surface area (Å²) in [6.07, 6.45) is 6.01. The molecule has 0 aliphatic carbocycles. The number of aldehydes is 1. The van der Waals surface area contributed by atoms with Crippen molar-refractivity contribution in [1.82, 2.24) is 0 Å². The number of allylic oxidation sites excluding steroid dienone is 3. The highest BCUT2D eigenvalue weighted by molar-refractivity contribution is 5.79. The third kappa shape index (κ3) is 3.30. The Hall–Kier alpha value is -1.15. The molecule has 0 spiro atoms. The third-order valence-corrected chi connectivity index (χ3v) is 1.39. The predicted molar refractivity (Wildman–Crippen MR) is 50.0 cm³/mol. The van der Waals surface area contributed by atoms with Gasteiger partial charge in [0, 0.05) is 12.7 Å². The number of hydrogen-bond acceptors (Lipinski definition) is 2. The van der Waals surface area contributed by atoms with Gasteiger partial charge in [0.05, 0.1) is 6.61 Å². The second kappa shape index (κ2) is 6.55. The fourth-order valence-corrected chi connectivity index (χ4v) is 0.839. The zero-order chi connectivity index (χ0) is 9.40. The van der Waals surface area contributed by atoms with Crippen LogP contribution < -0.4 is 0 Å². The van der Waals surface area contributed by atoms with Crippen LogP contribution in [0.2, 0.25) is 0 Å². The first-order chi connectivity index (χ1) is 5.79. The summed E-state index contributed by atoms with van der Waals surface area (Å²) in [5, 5.41) is 0. The average molecular weight is 166 g/mol. The van der Waals surface area contributed by atoms with Gasteiger partial charge in [-0.1, -0.05) is 24.8 Å². The minimum atomic E-state index is 0.435. The summed E-state index contributed by atoms with van der Waals surface area (Å²) in [4.78, 5) is 10.5. The highest BCUT2D eigenvalue weighted by Crippen LogP contribution is 2.05. The highest BCUT2D eigenvalue weighted by Gasteiger charge is 1.97. The molecular formula is C10H14O2. The maximum Gasteiger partial charge on any atom is 0.150 e. The summed E-state index contributed by atoms with van der Waals surface area (Å²) in [6, 6.07) is 0. The van der Waals surface area contributed by atoms with Crippen molar-refractivity contribution in [2.24, 2.45) is 0 Å². The van der Waals surface area contributed by atoms with Gasteiger partial charge in [0.15, 0.2) is 0 Å². The molecule has 2 nitrogen and oxygen atoms in total. The normalized spacial score (nSPS) is 12.8. The first-order valence-electron chi connectivity index (χ1n) is 3.72. The van der Waals surface area contributed by atoms with E-state index < -0.39 is 0 Å².